The van der Waals surface area contributed by atoms with Gasteiger partial charge in [0.25, 0.3) is 0 Å². The summed E-state index contributed by atoms with van der Waals surface area (Å²) in [6, 6.07) is 16.8. The van der Waals surface area contributed by atoms with Gasteiger partial charge >= 0.3 is 0 Å². The lowest BCUT2D eigenvalue weighted by molar-refractivity contribution is 0.0514. The zero-order chi connectivity index (χ0) is 21.2. The molecule has 0 aliphatic carbocycles. The van der Waals surface area contributed by atoms with Crippen molar-refractivity contribution in [3.05, 3.63) is 59.7 Å². The summed E-state index contributed by atoms with van der Waals surface area (Å²) >= 11 is 0. The van der Waals surface area contributed by atoms with Gasteiger partial charge in [0.15, 0.2) is 17.5 Å². The fourth-order valence-electron chi connectivity index (χ4n) is 3.96. The van der Waals surface area contributed by atoms with E-state index in [1.54, 1.807) is 14.2 Å². The lowest BCUT2D eigenvalue weighted by atomic mass is 9.74. The van der Waals surface area contributed by atoms with Crippen molar-refractivity contribution in [2.75, 3.05) is 47.6 Å². The van der Waals surface area contributed by atoms with Crippen LogP contribution in [0.1, 0.15) is 24.0 Å². The molecule has 0 spiro atoms. The average molecular weight is 539 g/mol. The molecular weight excluding hydrogens is 505 g/mol. The standard InChI is InChI=1S/C24H33N3O3.HI/c1-25-23(26-14-11-19-9-10-21(28-2)22(17-19)29-3)27-18-24(12-15-30-16-13-24)20-7-5-4-6-8-20;/h4-10,17H,11-16,18H2,1-3H3,(H2,25,26,27);1H. The summed E-state index contributed by atoms with van der Waals surface area (Å²) in [7, 11) is 5.12. The number of halogens is 1. The van der Waals surface area contributed by atoms with E-state index in [1.807, 2.05) is 19.2 Å². The van der Waals surface area contributed by atoms with Crippen LogP contribution in [0.15, 0.2) is 53.5 Å². The van der Waals surface area contributed by atoms with Crippen LogP contribution in [0, 0.1) is 0 Å². The monoisotopic (exact) mass is 539 g/mol. The third-order valence-corrected chi connectivity index (χ3v) is 5.81. The van der Waals surface area contributed by atoms with Crippen molar-refractivity contribution in [2.24, 2.45) is 4.99 Å². The summed E-state index contributed by atoms with van der Waals surface area (Å²) < 4.78 is 16.3. The highest BCUT2D eigenvalue weighted by molar-refractivity contribution is 14.0. The number of aliphatic imine (C=N–C) groups is 1. The number of benzene rings is 2. The second-order valence-corrected chi connectivity index (χ2v) is 7.55. The normalized spacial score (nSPS) is 15.5. The molecule has 0 aromatic heterocycles. The van der Waals surface area contributed by atoms with Gasteiger partial charge in [-0.25, -0.2) is 0 Å². The van der Waals surface area contributed by atoms with Crippen molar-refractivity contribution in [1.82, 2.24) is 10.6 Å². The smallest absolute Gasteiger partial charge is 0.191 e. The number of hydrogen-bond acceptors (Lipinski definition) is 4. The fraction of sp³-hybridized carbons (Fsp3) is 0.458. The van der Waals surface area contributed by atoms with Crippen molar-refractivity contribution in [1.29, 1.82) is 0 Å². The second-order valence-electron chi connectivity index (χ2n) is 7.55. The van der Waals surface area contributed by atoms with E-state index in [-0.39, 0.29) is 29.4 Å². The third kappa shape index (κ3) is 6.74. The predicted molar refractivity (Wildman–Crippen MR) is 136 cm³/mol. The Balaban J connectivity index is 0.00000341. The second kappa shape index (κ2) is 12.8. The van der Waals surface area contributed by atoms with Crippen molar-refractivity contribution >= 4 is 29.9 Å². The van der Waals surface area contributed by atoms with Crippen LogP contribution in [0.25, 0.3) is 0 Å². The average Bonchev–Trinajstić information content (AvgIpc) is 2.82. The first kappa shape index (κ1) is 25.3. The lowest BCUT2D eigenvalue weighted by Gasteiger charge is -2.38. The van der Waals surface area contributed by atoms with Crippen LogP contribution >= 0.6 is 24.0 Å². The molecular formula is C24H34IN3O3. The van der Waals surface area contributed by atoms with E-state index in [0.29, 0.717) is 0 Å². The Morgan fingerprint density at radius 3 is 2.35 bits per heavy atom. The van der Waals surface area contributed by atoms with Crippen molar-refractivity contribution < 1.29 is 14.2 Å². The van der Waals surface area contributed by atoms with Crippen LogP contribution < -0.4 is 20.1 Å². The van der Waals surface area contributed by atoms with Crippen LogP contribution in [0.3, 0.4) is 0 Å². The Hall–Kier alpha value is -2.00. The topological polar surface area (TPSA) is 64.1 Å². The van der Waals surface area contributed by atoms with E-state index in [4.69, 9.17) is 14.2 Å². The van der Waals surface area contributed by atoms with Gasteiger partial charge in [-0.3, -0.25) is 4.99 Å². The highest BCUT2D eigenvalue weighted by Gasteiger charge is 2.34. The minimum absolute atomic E-state index is 0. The third-order valence-electron chi connectivity index (χ3n) is 5.81. The van der Waals surface area contributed by atoms with E-state index in [1.165, 1.54) is 11.1 Å². The number of methoxy groups -OCH3 is 2. The first-order valence-corrected chi connectivity index (χ1v) is 10.5. The van der Waals surface area contributed by atoms with E-state index < -0.39 is 0 Å². The highest BCUT2D eigenvalue weighted by Crippen LogP contribution is 2.34. The van der Waals surface area contributed by atoms with Gasteiger partial charge in [0.2, 0.25) is 0 Å². The zero-order valence-electron chi connectivity index (χ0n) is 18.6. The van der Waals surface area contributed by atoms with E-state index in [2.05, 4.69) is 52.0 Å². The van der Waals surface area contributed by atoms with Crippen LogP contribution in [0.4, 0.5) is 0 Å². The molecule has 2 aromatic rings. The molecule has 2 aromatic carbocycles. The highest BCUT2D eigenvalue weighted by atomic mass is 127. The minimum Gasteiger partial charge on any atom is -0.493 e. The van der Waals surface area contributed by atoms with E-state index in [9.17, 15) is 0 Å². The number of nitrogens with zero attached hydrogens (tertiary/aromatic N) is 1. The molecule has 1 aliphatic rings. The predicted octanol–water partition coefficient (Wildman–Crippen LogP) is 3.78. The maximum absolute atomic E-state index is 5.64. The molecule has 31 heavy (non-hydrogen) atoms. The quantitative estimate of drug-likeness (QED) is 0.304. The Kier molecular flexibility index (Phi) is 10.4. The molecule has 0 saturated carbocycles. The van der Waals surface area contributed by atoms with Gasteiger partial charge in [0.1, 0.15) is 0 Å². The first-order valence-electron chi connectivity index (χ1n) is 10.5. The summed E-state index contributed by atoms with van der Waals surface area (Å²) in [4.78, 5) is 4.41. The molecule has 6 nitrogen and oxygen atoms in total. The fourth-order valence-corrected chi connectivity index (χ4v) is 3.96. The summed E-state index contributed by atoms with van der Waals surface area (Å²) in [6.07, 6.45) is 2.87. The Bertz CT molecular complexity index is 824. The lowest BCUT2D eigenvalue weighted by Crippen LogP contribution is -2.48. The Morgan fingerprint density at radius 2 is 1.71 bits per heavy atom. The van der Waals surface area contributed by atoms with Crippen LogP contribution in [0.5, 0.6) is 11.5 Å². The van der Waals surface area contributed by atoms with Gasteiger partial charge < -0.3 is 24.8 Å². The number of hydrogen-bond donors (Lipinski definition) is 2. The molecule has 0 atom stereocenters. The molecule has 1 saturated heterocycles. The number of nitrogens with one attached hydrogen (secondary N) is 2. The number of rotatable bonds is 8. The van der Waals surface area contributed by atoms with Gasteiger partial charge in [-0.1, -0.05) is 36.4 Å². The van der Waals surface area contributed by atoms with Gasteiger partial charge in [0, 0.05) is 38.8 Å². The Morgan fingerprint density at radius 1 is 1.00 bits per heavy atom. The summed E-state index contributed by atoms with van der Waals surface area (Å²) in [5.41, 5.74) is 2.61. The molecule has 0 bridgehead atoms. The van der Waals surface area contributed by atoms with Crippen molar-refractivity contribution in [3.8, 4) is 11.5 Å². The summed E-state index contributed by atoms with van der Waals surface area (Å²) in [5, 5.41) is 6.97. The van der Waals surface area contributed by atoms with Crippen LogP contribution in [-0.2, 0) is 16.6 Å². The van der Waals surface area contributed by atoms with Gasteiger partial charge in [-0.2, -0.15) is 0 Å². The molecule has 2 N–H and O–H groups in total. The molecule has 3 rings (SSSR count). The number of ether oxygens (including phenoxy) is 3. The first-order chi connectivity index (χ1) is 14.7. The van der Waals surface area contributed by atoms with Crippen LogP contribution in [0.2, 0.25) is 0 Å². The van der Waals surface area contributed by atoms with Crippen molar-refractivity contribution in [3.63, 3.8) is 0 Å². The van der Waals surface area contributed by atoms with E-state index >= 15 is 0 Å². The maximum Gasteiger partial charge on any atom is 0.191 e. The molecule has 0 radical (unpaired) electrons. The van der Waals surface area contributed by atoms with Gasteiger partial charge in [-0.15, -0.1) is 24.0 Å². The van der Waals surface area contributed by atoms with Gasteiger partial charge in [-0.05, 0) is 42.5 Å². The molecule has 0 unspecified atom stereocenters. The number of guanidine groups is 1. The Labute approximate surface area is 202 Å². The molecule has 7 heteroatoms. The summed E-state index contributed by atoms with van der Waals surface area (Å²) in [6.45, 7) is 3.19. The molecule has 1 fully saturated rings. The largest absolute Gasteiger partial charge is 0.493 e. The maximum atomic E-state index is 5.64. The van der Waals surface area contributed by atoms with E-state index in [0.717, 1.165) is 63.0 Å². The van der Waals surface area contributed by atoms with Crippen molar-refractivity contribution in [2.45, 2.75) is 24.7 Å². The van der Waals surface area contributed by atoms with Gasteiger partial charge in [0.05, 0.1) is 14.2 Å². The minimum atomic E-state index is 0. The molecule has 0 amide bonds. The summed E-state index contributed by atoms with van der Waals surface area (Å²) in [5.74, 6) is 2.31. The SMILES string of the molecule is CN=C(NCCc1ccc(OC)c(OC)c1)NCC1(c2ccccc2)CCOCC1.I. The molecule has 170 valence electrons. The molecule has 1 heterocycles. The molecule has 1 aliphatic heterocycles. The zero-order valence-corrected chi connectivity index (χ0v) is 21.0. The van der Waals surface area contributed by atoms with Crippen LogP contribution in [-0.4, -0.2) is 53.5 Å².